The van der Waals surface area contributed by atoms with E-state index >= 15 is 0 Å². The topological polar surface area (TPSA) is 74.7 Å². The summed E-state index contributed by atoms with van der Waals surface area (Å²) in [5.41, 5.74) is 8.02. The quantitative estimate of drug-likeness (QED) is 0.370. The molecule has 5 heteroatoms. The minimum absolute atomic E-state index is 0.0512. The highest BCUT2D eigenvalue weighted by Crippen LogP contribution is 2.24. The molecule has 2 rings (SSSR count). The number of pyridine rings is 1. The summed E-state index contributed by atoms with van der Waals surface area (Å²) in [5, 5.41) is 11.9. The van der Waals surface area contributed by atoms with Crippen molar-refractivity contribution in [2.24, 2.45) is 10.9 Å². The minimum Gasteiger partial charge on any atom is -0.409 e. The maximum absolute atomic E-state index is 8.84. The zero-order valence-corrected chi connectivity index (χ0v) is 12.1. The Labute approximate surface area is 124 Å². The van der Waals surface area contributed by atoms with E-state index in [2.05, 4.69) is 27.2 Å². The number of hydrogen-bond acceptors (Lipinski definition) is 4. The molecule has 2 aromatic rings. The van der Waals surface area contributed by atoms with Gasteiger partial charge in [0.25, 0.3) is 0 Å². The molecule has 0 saturated heterocycles. The second-order valence-corrected chi connectivity index (χ2v) is 4.99. The van der Waals surface area contributed by atoms with E-state index < -0.39 is 0 Å². The van der Waals surface area contributed by atoms with E-state index in [1.165, 1.54) is 5.56 Å². The van der Waals surface area contributed by atoms with E-state index in [0.29, 0.717) is 6.42 Å². The molecule has 21 heavy (non-hydrogen) atoms. The van der Waals surface area contributed by atoms with Crippen molar-refractivity contribution < 1.29 is 5.21 Å². The summed E-state index contributed by atoms with van der Waals surface area (Å²) in [4.78, 5) is 6.21. The fourth-order valence-corrected chi connectivity index (χ4v) is 2.33. The van der Waals surface area contributed by atoms with Crippen LogP contribution in [0.3, 0.4) is 0 Å². The first-order valence-electron chi connectivity index (χ1n) is 6.81. The summed E-state index contributed by atoms with van der Waals surface area (Å²) in [5.74, 6) is 0.227. The number of nitrogens with zero attached hydrogens (tertiary/aromatic N) is 3. The van der Waals surface area contributed by atoms with Gasteiger partial charge in [0, 0.05) is 31.4 Å². The molecule has 0 fully saturated rings. The van der Waals surface area contributed by atoms with Crippen LogP contribution < -0.4 is 5.73 Å². The van der Waals surface area contributed by atoms with Gasteiger partial charge in [0.1, 0.15) is 5.84 Å². The van der Waals surface area contributed by atoms with Crippen molar-refractivity contribution in [3.05, 3.63) is 66.0 Å². The smallest absolute Gasteiger partial charge is 0.141 e. The third kappa shape index (κ3) is 4.29. The number of oxime groups is 1. The molecule has 1 aromatic carbocycles. The summed E-state index contributed by atoms with van der Waals surface area (Å²) in [6, 6.07) is 14.1. The molecule has 1 heterocycles. The maximum atomic E-state index is 8.84. The summed E-state index contributed by atoms with van der Waals surface area (Å²) >= 11 is 0. The lowest BCUT2D eigenvalue weighted by molar-refractivity contribution is 0.238. The van der Waals surface area contributed by atoms with Gasteiger partial charge >= 0.3 is 0 Å². The average Bonchev–Trinajstić information content (AvgIpc) is 2.54. The molecule has 0 saturated carbocycles. The fraction of sp³-hybridized carbons (Fsp3) is 0.250. The molecule has 3 N–H and O–H groups in total. The number of hydrogen-bond donors (Lipinski definition) is 2. The van der Waals surface area contributed by atoms with Gasteiger partial charge in [0.2, 0.25) is 0 Å². The van der Waals surface area contributed by atoms with Gasteiger partial charge < -0.3 is 10.9 Å². The van der Waals surface area contributed by atoms with Gasteiger partial charge in [-0.25, -0.2) is 0 Å². The Kier molecular flexibility index (Phi) is 5.29. The van der Waals surface area contributed by atoms with E-state index in [1.54, 1.807) is 12.4 Å². The Morgan fingerprint density at radius 1 is 1.24 bits per heavy atom. The van der Waals surface area contributed by atoms with Crippen LogP contribution in [0.5, 0.6) is 0 Å². The molecule has 0 spiro atoms. The predicted octanol–water partition coefficient (Wildman–Crippen LogP) is 2.39. The number of benzene rings is 1. The first-order valence-corrected chi connectivity index (χ1v) is 6.81. The lowest BCUT2D eigenvalue weighted by Crippen LogP contribution is -2.28. The van der Waals surface area contributed by atoms with Crippen LogP contribution in [-0.2, 0) is 6.54 Å². The third-order valence-electron chi connectivity index (χ3n) is 3.43. The molecular weight excluding hydrogens is 264 g/mol. The van der Waals surface area contributed by atoms with Crippen LogP contribution in [0, 0.1) is 0 Å². The van der Waals surface area contributed by atoms with Crippen LogP contribution in [0.2, 0.25) is 0 Å². The van der Waals surface area contributed by atoms with Gasteiger partial charge in [-0.15, -0.1) is 0 Å². The molecule has 1 atom stereocenters. The van der Waals surface area contributed by atoms with E-state index in [0.717, 1.165) is 12.1 Å². The average molecular weight is 284 g/mol. The standard InChI is InChI=1S/C16H20N4O/c1-20(12-13-7-9-18-10-8-13)15(11-16(17)19-21)14-5-3-2-4-6-14/h2-10,15,21H,11-12H2,1H3,(H2,17,19). The molecule has 0 radical (unpaired) electrons. The Balaban J connectivity index is 2.18. The normalized spacial score (nSPS) is 13.3. The Morgan fingerprint density at radius 3 is 2.52 bits per heavy atom. The van der Waals surface area contributed by atoms with Crippen molar-refractivity contribution in [2.75, 3.05) is 7.05 Å². The molecular formula is C16H20N4O. The summed E-state index contributed by atoms with van der Waals surface area (Å²) in [6.07, 6.45) is 4.04. The van der Waals surface area contributed by atoms with Gasteiger partial charge in [-0.2, -0.15) is 0 Å². The van der Waals surface area contributed by atoms with E-state index in [4.69, 9.17) is 10.9 Å². The highest BCUT2D eigenvalue weighted by molar-refractivity contribution is 5.80. The van der Waals surface area contributed by atoms with Crippen LogP contribution in [0.1, 0.15) is 23.6 Å². The van der Waals surface area contributed by atoms with Crippen LogP contribution in [0.4, 0.5) is 0 Å². The van der Waals surface area contributed by atoms with Crippen molar-refractivity contribution in [3.63, 3.8) is 0 Å². The van der Waals surface area contributed by atoms with E-state index in [9.17, 15) is 0 Å². The zero-order valence-electron chi connectivity index (χ0n) is 12.1. The van der Waals surface area contributed by atoms with E-state index in [-0.39, 0.29) is 11.9 Å². The number of nitrogens with two attached hydrogens (primary N) is 1. The van der Waals surface area contributed by atoms with Gasteiger partial charge in [0.15, 0.2) is 0 Å². The number of rotatable bonds is 6. The molecule has 0 amide bonds. The van der Waals surface area contributed by atoms with Crippen molar-refractivity contribution in [1.29, 1.82) is 0 Å². The van der Waals surface area contributed by atoms with Crippen LogP contribution in [-0.4, -0.2) is 28.0 Å². The highest BCUT2D eigenvalue weighted by Gasteiger charge is 2.18. The summed E-state index contributed by atoms with van der Waals surface area (Å²) in [6.45, 7) is 0.765. The summed E-state index contributed by atoms with van der Waals surface area (Å²) in [7, 11) is 2.03. The van der Waals surface area contributed by atoms with E-state index in [1.807, 2.05) is 37.4 Å². The Hall–Kier alpha value is -2.40. The lowest BCUT2D eigenvalue weighted by atomic mass is 10.0. The van der Waals surface area contributed by atoms with Gasteiger partial charge in [0.05, 0.1) is 0 Å². The molecule has 5 nitrogen and oxygen atoms in total. The van der Waals surface area contributed by atoms with Crippen LogP contribution in [0.25, 0.3) is 0 Å². The first kappa shape index (κ1) is 15.0. The van der Waals surface area contributed by atoms with Gasteiger partial charge in [-0.1, -0.05) is 35.5 Å². The molecule has 110 valence electrons. The van der Waals surface area contributed by atoms with Crippen LogP contribution in [0.15, 0.2) is 60.0 Å². The van der Waals surface area contributed by atoms with Crippen molar-refractivity contribution in [2.45, 2.75) is 19.0 Å². The van der Waals surface area contributed by atoms with Crippen molar-refractivity contribution in [3.8, 4) is 0 Å². The molecule has 1 aromatic heterocycles. The first-order chi connectivity index (χ1) is 10.2. The molecule has 0 aliphatic rings. The second-order valence-electron chi connectivity index (χ2n) is 4.99. The molecule has 0 aliphatic heterocycles. The maximum Gasteiger partial charge on any atom is 0.141 e. The second kappa shape index (κ2) is 7.40. The number of amidine groups is 1. The van der Waals surface area contributed by atoms with Gasteiger partial charge in [-0.3, -0.25) is 9.88 Å². The SMILES string of the molecule is CN(Cc1ccncc1)C(CC(N)=NO)c1ccccc1. The van der Waals surface area contributed by atoms with Crippen LogP contribution >= 0.6 is 0 Å². The largest absolute Gasteiger partial charge is 0.409 e. The van der Waals surface area contributed by atoms with Crippen molar-refractivity contribution >= 4 is 5.84 Å². The van der Waals surface area contributed by atoms with Crippen molar-refractivity contribution in [1.82, 2.24) is 9.88 Å². The fourth-order valence-electron chi connectivity index (χ4n) is 2.33. The minimum atomic E-state index is 0.0512. The zero-order chi connectivity index (χ0) is 15.1. The molecule has 0 aliphatic carbocycles. The Morgan fingerprint density at radius 2 is 1.90 bits per heavy atom. The van der Waals surface area contributed by atoms with Gasteiger partial charge in [-0.05, 0) is 30.3 Å². The third-order valence-corrected chi connectivity index (χ3v) is 3.43. The summed E-state index contributed by atoms with van der Waals surface area (Å²) < 4.78 is 0. The monoisotopic (exact) mass is 284 g/mol. The number of aromatic nitrogens is 1. The predicted molar refractivity (Wildman–Crippen MR) is 82.9 cm³/mol. The molecule has 0 bridgehead atoms. The lowest BCUT2D eigenvalue weighted by Gasteiger charge is -2.28. The molecule has 1 unspecified atom stereocenters. The Bertz CT molecular complexity index is 571. The highest BCUT2D eigenvalue weighted by atomic mass is 16.4.